The van der Waals surface area contributed by atoms with Crippen molar-refractivity contribution in [2.45, 2.75) is 6.18 Å². The van der Waals surface area contributed by atoms with Gasteiger partial charge in [0.05, 0.1) is 10.5 Å². The largest absolute Gasteiger partial charge is 0.416 e. The monoisotopic (exact) mass is 346 g/mol. The van der Waals surface area contributed by atoms with Crippen LogP contribution in [0.15, 0.2) is 18.2 Å². The number of carbonyl (C=O) groups excluding carboxylic acids is 1. The fourth-order valence-electron chi connectivity index (χ4n) is 2.41. The second kappa shape index (κ2) is 7.58. The van der Waals surface area contributed by atoms with Crippen molar-refractivity contribution in [1.82, 2.24) is 15.5 Å². The summed E-state index contributed by atoms with van der Waals surface area (Å²) in [5.74, 6) is -0.759. The van der Waals surface area contributed by atoms with Crippen LogP contribution in [0.2, 0.25) is 0 Å². The average Bonchev–Trinajstić information content (AvgIpc) is 2.54. The first-order valence-corrected chi connectivity index (χ1v) is 7.36. The molecule has 0 aromatic heterocycles. The molecular weight excluding hydrogens is 329 g/mol. The van der Waals surface area contributed by atoms with Gasteiger partial charge in [-0.25, -0.2) is 0 Å². The quantitative estimate of drug-likeness (QED) is 0.619. The maximum atomic E-state index is 12.6. The molecule has 0 unspecified atom stereocenters. The zero-order valence-electron chi connectivity index (χ0n) is 12.7. The number of rotatable bonds is 5. The minimum absolute atomic E-state index is 0.261. The molecule has 132 valence electrons. The van der Waals surface area contributed by atoms with E-state index in [9.17, 15) is 28.1 Å². The number of amides is 1. The van der Waals surface area contributed by atoms with E-state index in [4.69, 9.17) is 0 Å². The molecule has 0 spiro atoms. The molecule has 10 heteroatoms. The topological polar surface area (TPSA) is 87.5 Å². The number of carbonyl (C=O) groups is 1. The standard InChI is InChI=1S/C14H17F3N4O3/c15-14(16,17)10-1-2-11(12(9-10)21(23)24)13(22)19-5-8-20-6-3-18-4-7-20/h1-2,9,18H,3-8H2,(H,19,22). The third-order valence-electron chi connectivity index (χ3n) is 3.69. The lowest BCUT2D eigenvalue weighted by molar-refractivity contribution is -0.385. The van der Waals surface area contributed by atoms with Crippen LogP contribution >= 0.6 is 0 Å². The normalized spacial score (nSPS) is 16.0. The number of benzene rings is 1. The maximum Gasteiger partial charge on any atom is 0.416 e. The van der Waals surface area contributed by atoms with Gasteiger partial charge in [0.2, 0.25) is 0 Å². The highest BCUT2D eigenvalue weighted by molar-refractivity contribution is 5.98. The molecule has 1 fully saturated rings. The molecule has 1 aliphatic rings. The Morgan fingerprint density at radius 2 is 2.00 bits per heavy atom. The van der Waals surface area contributed by atoms with Crippen LogP contribution in [-0.4, -0.2) is 55.0 Å². The van der Waals surface area contributed by atoms with Crippen molar-refractivity contribution in [2.75, 3.05) is 39.3 Å². The zero-order valence-corrected chi connectivity index (χ0v) is 12.7. The van der Waals surface area contributed by atoms with Crippen molar-refractivity contribution in [1.29, 1.82) is 0 Å². The Kier molecular flexibility index (Phi) is 5.73. The van der Waals surface area contributed by atoms with E-state index in [1.807, 2.05) is 0 Å². The molecule has 1 saturated heterocycles. The predicted octanol–water partition coefficient (Wildman–Crippen LogP) is 1.25. The maximum absolute atomic E-state index is 12.6. The molecule has 1 amide bonds. The lowest BCUT2D eigenvalue weighted by Gasteiger charge is -2.27. The van der Waals surface area contributed by atoms with E-state index in [0.29, 0.717) is 18.7 Å². The van der Waals surface area contributed by atoms with Gasteiger partial charge in [0.15, 0.2) is 0 Å². The van der Waals surface area contributed by atoms with Gasteiger partial charge in [-0.2, -0.15) is 13.2 Å². The fraction of sp³-hybridized carbons (Fsp3) is 0.500. The summed E-state index contributed by atoms with van der Waals surface area (Å²) in [5, 5.41) is 16.7. The molecular formula is C14H17F3N4O3. The number of nitrogens with zero attached hydrogens (tertiary/aromatic N) is 2. The van der Waals surface area contributed by atoms with Gasteiger partial charge < -0.3 is 10.6 Å². The summed E-state index contributed by atoms with van der Waals surface area (Å²) < 4.78 is 37.9. The molecule has 0 saturated carbocycles. The van der Waals surface area contributed by atoms with Crippen LogP contribution in [0, 0.1) is 10.1 Å². The molecule has 2 N–H and O–H groups in total. The summed E-state index contributed by atoms with van der Waals surface area (Å²) in [5.41, 5.74) is -2.40. The average molecular weight is 346 g/mol. The number of nitro benzene ring substituents is 1. The molecule has 1 aliphatic heterocycles. The van der Waals surface area contributed by atoms with Crippen molar-refractivity contribution in [3.63, 3.8) is 0 Å². The van der Waals surface area contributed by atoms with Gasteiger partial charge in [-0.1, -0.05) is 0 Å². The fourth-order valence-corrected chi connectivity index (χ4v) is 2.41. The van der Waals surface area contributed by atoms with Crippen LogP contribution in [0.4, 0.5) is 18.9 Å². The predicted molar refractivity (Wildman–Crippen MR) is 79.7 cm³/mol. The minimum atomic E-state index is -4.71. The highest BCUT2D eigenvalue weighted by Gasteiger charge is 2.34. The van der Waals surface area contributed by atoms with Crippen molar-refractivity contribution in [2.24, 2.45) is 0 Å². The zero-order chi connectivity index (χ0) is 17.7. The molecule has 7 nitrogen and oxygen atoms in total. The van der Waals surface area contributed by atoms with Gasteiger partial charge in [0, 0.05) is 45.3 Å². The van der Waals surface area contributed by atoms with E-state index >= 15 is 0 Å². The first kappa shape index (κ1) is 18.1. The van der Waals surface area contributed by atoms with E-state index in [2.05, 4.69) is 15.5 Å². The Morgan fingerprint density at radius 3 is 2.58 bits per heavy atom. The van der Waals surface area contributed by atoms with Crippen LogP contribution < -0.4 is 10.6 Å². The highest BCUT2D eigenvalue weighted by atomic mass is 19.4. The van der Waals surface area contributed by atoms with Crippen molar-refractivity contribution in [3.05, 3.63) is 39.4 Å². The first-order chi connectivity index (χ1) is 11.3. The molecule has 24 heavy (non-hydrogen) atoms. The number of nitrogens with one attached hydrogen (secondary N) is 2. The number of halogens is 3. The van der Waals surface area contributed by atoms with Crippen molar-refractivity contribution < 1.29 is 22.9 Å². The van der Waals surface area contributed by atoms with E-state index in [0.717, 1.165) is 32.2 Å². The van der Waals surface area contributed by atoms with Crippen molar-refractivity contribution >= 4 is 11.6 Å². The lowest BCUT2D eigenvalue weighted by Crippen LogP contribution is -2.46. The molecule has 0 bridgehead atoms. The molecule has 1 heterocycles. The number of nitro groups is 1. The molecule has 2 rings (SSSR count). The Morgan fingerprint density at radius 1 is 1.33 bits per heavy atom. The number of hydrogen-bond donors (Lipinski definition) is 2. The first-order valence-electron chi connectivity index (χ1n) is 7.36. The SMILES string of the molecule is O=C(NCCN1CCNCC1)c1ccc(C(F)(F)F)cc1[N+](=O)[O-]. The van der Waals surface area contributed by atoms with Gasteiger partial charge in [-0.3, -0.25) is 19.8 Å². The minimum Gasteiger partial charge on any atom is -0.351 e. The summed E-state index contributed by atoms with van der Waals surface area (Å²) >= 11 is 0. The number of hydrogen-bond acceptors (Lipinski definition) is 5. The Labute approximate surface area is 136 Å². The van der Waals surface area contributed by atoms with Crippen LogP contribution in [0.25, 0.3) is 0 Å². The molecule has 1 aromatic carbocycles. The van der Waals surface area contributed by atoms with Gasteiger partial charge in [-0.15, -0.1) is 0 Å². The summed E-state index contributed by atoms with van der Waals surface area (Å²) in [7, 11) is 0. The van der Waals surface area contributed by atoms with E-state index < -0.39 is 28.3 Å². The van der Waals surface area contributed by atoms with Gasteiger partial charge >= 0.3 is 6.18 Å². The van der Waals surface area contributed by atoms with E-state index in [1.165, 1.54) is 0 Å². The molecule has 0 aliphatic carbocycles. The number of piperazine rings is 1. The third kappa shape index (κ3) is 4.65. The van der Waals surface area contributed by atoms with Crippen molar-refractivity contribution in [3.8, 4) is 0 Å². The van der Waals surface area contributed by atoms with Gasteiger partial charge in [0.1, 0.15) is 5.56 Å². The summed E-state index contributed by atoms with van der Waals surface area (Å²) in [6, 6.07) is 1.88. The van der Waals surface area contributed by atoms with Gasteiger partial charge in [-0.05, 0) is 12.1 Å². The number of alkyl halides is 3. The van der Waals surface area contributed by atoms with E-state index in [-0.39, 0.29) is 12.1 Å². The second-order valence-corrected chi connectivity index (χ2v) is 5.33. The summed E-state index contributed by atoms with van der Waals surface area (Å²) in [6.07, 6.45) is -4.71. The lowest BCUT2D eigenvalue weighted by atomic mass is 10.1. The van der Waals surface area contributed by atoms with Gasteiger partial charge in [0.25, 0.3) is 11.6 Å². The Balaban J connectivity index is 2.03. The van der Waals surface area contributed by atoms with Crippen LogP contribution in [-0.2, 0) is 6.18 Å². The van der Waals surface area contributed by atoms with Crippen LogP contribution in [0.1, 0.15) is 15.9 Å². The smallest absolute Gasteiger partial charge is 0.351 e. The third-order valence-corrected chi connectivity index (χ3v) is 3.69. The van der Waals surface area contributed by atoms with Crippen LogP contribution in [0.5, 0.6) is 0 Å². The molecule has 0 radical (unpaired) electrons. The second-order valence-electron chi connectivity index (χ2n) is 5.33. The summed E-state index contributed by atoms with van der Waals surface area (Å²) in [6.45, 7) is 4.18. The molecule has 0 atom stereocenters. The Hall–Kier alpha value is -2.20. The molecule has 1 aromatic rings. The summed E-state index contributed by atoms with van der Waals surface area (Å²) in [4.78, 5) is 24.1. The highest BCUT2D eigenvalue weighted by Crippen LogP contribution is 2.32. The Bertz CT molecular complexity index is 616. The van der Waals surface area contributed by atoms with E-state index in [1.54, 1.807) is 0 Å². The van der Waals surface area contributed by atoms with Crippen LogP contribution in [0.3, 0.4) is 0 Å².